The minimum Gasteiger partial charge on any atom is -0.377 e. The average molecular weight is 355 g/mol. The van der Waals surface area contributed by atoms with Crippen molar-refractivity contribution in [2.75, 3.05) is 11.9 Å². The standard InChI is InChI=1S/C16H17BrF2N2/c1-9-5-12(6-10(2)16(9)17)21-15(8-20)11-3-4-13(18)14(19)7-11/h3-7,15,21H,8,20H2,1-2H3. The molecule has 112 valence electrons. The van der Waals surface area contributed by atoms with E-state index in [9.17, 15) is 8.78 Å². The predicted octanol–water partition coefficient (Wildman–Crippen LogP) is 4.46. The molecule has 0 spiro atoms. The van der Waals surface area contributed by atoms with E-state index in [2.05, 4.69) is 21.2 Å². The van der Waals surface area contributed by atoms with Crippen molar-refractivity contribution < 1.29 is 8.78 Å². The summed E-state index contributed by atoms with van der Waals surface area (Å²) in [6, 6.07) is 7.53. The van der Waals surface area contributed by atoms with E-state index in [0.29, 0.717) is 5.56 Å². The summed E-state index contributed by atoms with van der Waals surface area (Å²) in [5.74, 6) is -1.72. The van der Waals surface area contributed by atoms with Gasteiger partial charge >= 0.3 is 0 Å². The molecule has 2 rings (SSSR count). The quantitative estimate of drug-likeness (QED) is 0.850. The van der Waals surface area contributed by atoms with Crippen molar-refractivity contribution in [3.63, 3.8) is 0 Å². The first kappa shape index (κ1) is 15.9. The zero-order valence-electron chi connectivity index (χ0n) is 11.9. The van der Waals surface area contributed by atoms with E-state index in [1.807, 2.05) is 26.0 Å². The van der Waals surface area contributed by atoms with Crippen molar-refractivity contribution >= 4 is 21.6 Å². The van der Waals surface area contributed by atoms with Gasteiger partial charge in [-0.05, 0) is 54.8 Å². The second-order valence-corrected chi connectivity index (χ2v) is 5.82. The van der Waals surface area contributed by atoms with Gasteiger partial charge in [0.2, 0.25) is 0 Å². The van der Waals surface area contributed by atoms with Gasteiger partial charge in [-0.3, -0.25) is 0 Å². The zero-order valence-corrected chi connectivity index (χ0v) is 13.5. The molecule has 0 aliphatic heterocycles. The van der Waals surface area contributed by atoms with Crippen LogP contribution < -0.4 is 11.1 Å². The molecular formula is C16H17BrF2N2. The van der Waals surface area contributed by atoms with E-state index in [1.54, 1.807) is 6.07 Å². The minimum absolute atomic E-state index is 0.277. The van der Waals surface area contributed by atoms with Gasteiger partial charge in [0.25, 0.3) is 0 Å². The number of anilines is 1. The van der Waals surface area contributed by atoms with Crippen LogP contribution in [0.1, 0.15) is 22.7 Å². The number of halogens is 3. The van der Waals surface area contributed by atoms with Crippen LogP contribution in [0.4, 0.5) is 14.5 Å². The third-order valence-electron chi connectivity index (χ3n) is 3.36. The van der Waals surface area contributed by atoms with Gasteiger partial charge in [-0.1, -0.05) is 22.0 Å². The Morgan fingerprint density at radius 1 is 1.10 bits per heavy atom. The molecule has 0 saturated carbocycles. The van der Waals surface area contributed by atoms with Crippen molar-refractivity contribution in [1.82, 2.24) is 0 Å². The summed E-state index contributed by atoms with van der Waals surface area (Å²) >= 11 is 3.52. The summed E-state index contributed by atoms with van der Waals surface area (Å²) in [5.41, 5.74) is 9.47. The number of hydrogen-bond acceptors (Lipinski definition) is 2. The maximum atomic E-state index is 13.3. The van der Waals surface area contributed by atoms with Gasteiger partial charge in [0.1, 0.15) is 0 Å². The first-order valence-electron chi connectivity index (χ1n) is 6.60. The summed E-state index contributed by atoms with van der Waals surface area (Å²) < 4.78 is 27.4. The molecule has 3 N–H and O–H groups in total. The Balaban J connectivity index is 2.28. The van der Waals surface area contributed by atoms with E-state index in [4.69, 9.17) is 5.73 Å². The third kappa shape index (κ3) is 3.60. The highest BCUT2D eigenvalue weighted by Gasteiger charge is 2.13. The van der Waals surface area contributed by atoms with Gasteiger partial charge in [-0.25, -0.2) is 8.78 Å². The van der Waals surface area contributed by atoms with Gasteiger partial charge in [-0.15, -0.1) is 0 Å². The van der Waals surface area contributed by atoms with Gasteiger partial charge in [0.15, 0.2) is 11.6 Å². The van der Waals surface area contributed by atoms with Crippen molar-refractivity contribution in [1.29, 1.82) is 0 Å². The fraction of sp³-hybridized carbons (Fsp3) is 0.250. The highest BCUT2D eigenvalue weighted by atomic mass is 79.9. The van der Waals surface area contributed by atoms with E-state index >= 15 is 0 Å². The molecule has 1 atom stereocenters. The number of aryl methyl sites for hydroxylation is 2. The molecule has 0 fully saturated rings. The molecule has 21 heavy (non-hydrogen) atoms. The Labute approximate surface area is 131 Å². The van der Waals surface area contributed by atoms with E-state index in [0.717, 1.165) is 27.4 Å². The van der Waals surface area contributed by atoms with Crippen molar-refractivity contribution in [2.45, 2.75) is 19.9 Å². The Hall–Kier alpha value is -1.46. The molecule has 0 saturated heterocycles. The highest BCUT2D eigenvalue weighted by molar-refractivity contribution is 9.10. The highest BCUT2D eigenvalue weighted by Crippen LogP contribution is 2.27. The molecule has 2 nitrogen and oxygen atoms in total. The molecule has 2 aromatic carbocycles. The summed E-state index contributed by atoms with van der Waals surface area (Å²) in [6.07, 6.45) is 0. The number of nitrogens with two attached hydrogens (primary N) is 1. The van der Waals surface area contributed by atoms with Crippen LogP contribution in [-0.2, 0) is 0 Å². The van der Waals surface area contributed by atoms with Crippen LogP contribution in [0.2, 0.25) is 0 Å². The maximum Gasteiger partial charge on any atom is 0.159 e. The van der Waals surface area contributed by atoms with Gasteiger partial charge in [-0.2, -0.15) is 0 Å². The first-order valence-corrected chi connectivity index (χ1v) is 7.40. The zero-order chi connectivity index (χ0) is 15.6. The van der Waals surface area contributed by atoms with Gasteiger partial charge < -0.3 is 11.1 Å². The van der Waals surface area contributed by atoms with Crippen LogP contribution in [0.3, 0.4) is 0 Å². The normalized spacial score (nSPS) is 12.3. The maximum absolute atomic E-state index is 13.3. The lowest BCUT2D eigenvalue weighted by Crippen LogP contribution is -2.21. The Bertz CT molecular complexity index is 636. The molecule has 0 amide bonds. The predicted molar refractivity (Wildman–Crippen MR) is 85.4 cm³/mol. The summed E-state index contributed by atoms with van der Waals surface area (Å²) in [7, 11) is 0. The Morgan fingerprint density at radius 3 is 2.24 bits per heavy atom. The molecule has 1 unspecified atom stereocenters. The van der Waals surface area contributed by atoms with Crippen LogP contribution in [0.15, 0.2) is 34.8 Å². The van der Waals surface area contributed by atoms with Gasteiger partial charge in [0.05, 0.1) is 6.04 Å². The fourth-order valence-corrected chi connectivity index (χ4v) is 2.47. The molecule has 0 aliphatic carbocycles. The Kier molecular flexibility index (Phi) is 4.96. The van der Waals surface area contributed by atoms with Crippen LogP contribution in [0.5, 0.6) is 0 Å². The van der Waals surface area contributed by atoms with E-state index in [1.165, 1.54) is 6.07 Å². The van der Waals surface area contributed by atoms with Crippen molar-refractivity contribution in [3.8, 4) is 0 Å². The summed E-state index contributed by atoms with van der Waals surface area (Å²) in [4.78, 5) is 0. The molecule has 0 radical (unpaired) electrons. The van der Waals surface area contributed by atoms with Crippen molar-refractivity contribution in [2.24, 2.45) is 5.73 Å². The molecule has 0 heterocycles. The molecule has 5 heteroatoms. The molecule has 0 bridgehead atoms. The van der Waals surface area contributed by atoms with E-state index < -0.39 is 11.6 Å². The SMILES string of the molecule is Cc1cc(NC(CN)c2ccc(F)c(F)c2)cc(C)c1Br. The third-order valence-corrected chi connectivity index (χ3v) is 4.61. The monoisotopic (exact) mass is 354 g/mol. The number of nitrogens with one attached hydrogen (secondary N) is 1. The first-order chi connectivity index (χ1) is 9.92. The number of benzene rings is 2. The fourth-order valence-electron chi connectivity index (χ4n) is 2.24. The van der Waals surface area contributed by atoms with Crippen LogP contribution in [-0.4, -0.2) is 6.54 Å². The molecule has 0 aliphatic rings. The summed E-state index contributed by atoms with van der Waals surface area (Å²) in [6.45, 7) is 4.27. The second-order valence-electron chi connectivity index (χ2n) is 5.03. The topological polar surface area (TPSA) is 38.0 Å². The minimum atomic E-state index is -0.865. The van der Waals surface area contributed by atoms with E-state index in [-0.39, 0.29) is 12.6 Å². The lowest BCUT2D eigenvalue weighted by atomic mass is 10.1. The van der Waals surface area contributed by atoms with Crippen LogP contribution in [0.25, 0.3) is 0 Å². The average Bonchev–Trinajstić information content (AvgIpc) is 2.45. The molecule has 2 aromatic rings. The summed E-state index contributed by atoms with van der Waals surface area (Å²) in [5, 5.41) is 3.27. The number of hydrogen-bond donors (Lipinski definition) is 2. The Morgan fingerprint density at radius 2 is 1.71 bits per heavy atom. The second kappa shape index (κ2) is 6.54. The van der Waals surface area contributed by atoms with Crippen molar-refractivity contribution in [3.05, 3.63) is 63.1 Å². The number of rotatable bonds is 4. The molecular weight excluding hydrogens is 338 g/mol. The van der Waals surface area contributed by atoms with Gasteiger partial charge in [0, 0.05) is 16.7 Å². The van der Waals surface area contributed by atoms with Crippen LogP contribution in [0, 0.1) is 25.5 Å². The largest absolute Gasteiger partial charge is 0.377 e. The lowest BCUT2D eigenvalue weighted by molar-refractivity contribution is 0.506. The molecule has 0 aromatic heterocycles. The lowest BCUT2D eigenvalue weighted by Gasteiger charge is -2.20. The van der Waals surface area contributed by atoms with Crippen LogP contribution >= 0.6 is 15.9 Å². The smallest absolute Gasteiger partial charge is 0.159 e.